The third kappa shape index (κ3) is 4.64. The van der Waals surface area contributed by atoms with Gasteiger partial charge in [-0.2, -0.15) is 0 Å². The van der Waals surface area contributed by atoms with Crippen LogP contribution < -0.4 is 10.1 Å². The second-order valence-corrected chi connectivity index (χ2v) is 6.97. The number of hydrogen-bond acceptors (Lipinski definition) is 5. The first kappa shape index (κ1) is 18.0. The molecular formula is C19H20N4O2S. The number of carbonyl (C=O) groups excluding carboxylic acids is 1. The SMILES string of the molecule is COc1ccc(CNC(=O)C(C)Sc2n[nH]c(-c3ccccc3)n2)cc1. The second-order valence-electron chi connectivity index (χ2n) is 5.66. The van der Waals surface area contributed by atoms with Crippen molar-refractivity contribution in [2.24, 2.45) is 0 Å². The Labute approximate surface area is 156 Å². The summed E-state index contributed by atoms with van der Waals surface area (Å²) in [6, 6.07) is 17.4. The van der Waals surface area contributed by atoms with Crippen LogP contribution >= 0.6 is 11.8 Å². The summed E-state index contributed by atoms with van der Waals surface area (Å²) in [6.45, 7) is 2.31. The summed E-state index contributed by atoms with van der Waals surface area (Å²) >= 11 is 1.32. The quantitative estimate of drug-likeness (QED) is 0.626. The smallest absolute Gasteiger partial charge is 0.233 e. The summed E-state index contributed by atoms with van der Waals surface area (Å²) in [6.07, 6.45) is 0. The average Bonchev–Trinajstić information content (AvgIpc) is 3.15. The van der Waals surface area contributed by atoms with Gasteiger partial charge < -0.3 is 10.1 Å². The molecule has 26 heavy (non-hydrogen) atoms. The lowest BCUT2D eigenvalue weighted by molar-refractivity contribution is -0.120. The fourth-order valence-electron chi connectivity index (χ4n) is 2.31. The normalized spacial score (nSPS) is 11.8. The van der Waals surface area contributed by atoms with Crippen LogP contribution in [-0.4, -0.2) is 33.4 Å². The van der Waals surface area contributed by atoms with Gasteiger partial charge in [0.2, 0.25) is 11.1 Å². The number of methoxy groups -OCH3 is 1. The highest BCUT2D eigenvalue weighted by Gasteiger charge is 2.17. The standard InChI is InChI=1S/C19H20N4O2S/c1-13(18(24)20-12-14-8-10-16(25-2)11-9-14)26-19-21-17(22-23-19)15-6-4-3-5-7-15/h3-11,13H,12H2,1-2H3,(H,20,24)(H,21,22,23). The number of carbonyl (C=O) groups is 1. The molecule has 3 rings (SSSR count). The molecule has 0 bridgehead atoms. The number of aromatic nitrogens is 3. The second kappa shape index (κ2) is 8.53. The Morgan fingerprint density at radius 2 is 1.92 bits per heavy atom. The summed E-state index contributed by atoms with van der Waals surface area (Å²) in [5.41, 5.74) is 1.98. The van der Waals surface area contributed by atoms with E-state index in [2.05, 4.69) is 20.5 Å². The number of nitrogens with one attached hydrogen (secondary N) is 2. The van der Waals surface area contributed by atoms with Gasteiger partial charge in [-0.1, -0.05) is 54.2 Å². The van der Waals surface area contributed by atoms with E-state index >= 15 is 0 Å². The number of aromatic amines is 1. The van der Waals surface area contributed by atoms with Gasteiger partial charge in [-0.25, -0.2) is 4.98 Å². The molecule has 1 heterocycles. The average molecular weight is 368 g/mol. The van der Waals surface area contributed by atoms with E-state index in [9.17, 15) is 4.79 Å². The Balaban J connectivity index is 1.53. The van der Waals surface area contributed by atoms with Gasteiger partial charge >= 0.3 is 0 Å². The summed E-state index contributed by atoms with van der Waals surface area (Å²) in [5, 5.41) is 10.3. The van der Waals surface area contributed by atoms with E-state index in [0.717, 1.165) is 16.9 Å². The molecule has 1 aromatic heterocycles. The Morgan fingerprint density at radius 3 is 2.62 bits per heavy atom. The lowest BCUT2D eigenvalue weighted by Gasteiger charge is -2.10. The first-order valence-electron chi connectivity index (χ1n) is 8.21. The van der Waals surface area contributed by atoms with Crippen molar-refractivity contribution in [2.75, 3.05) is 7.11 Å². The molecule has 2 N–H and O–H groups in total. The number of hydrogen-bond donors (Lipinski definition) is 2. The fourth-order valence-corrected chi connectivity index (χ4v) is 3.06. The van der Waals surface area contributed by atoms with Crippen LogP contribution in [0.3, 0.4) is 0 Å². The van der Waals surface area contributed by atoms with Crippen molar-refractivity contribution in [1.82, 2.24) is 20.5 Å². The molecule has 1 atom stereocenters. The third-order valence-electron chi connectivity index (χ3n) is 3.79. The molecule has 2 aromatic carbocycles. The molecule has 0 fully saturated rings. The Hall–Kier alpha value is -2.80. The number of H-pyrrole nitrogens is 1. The molecule has 0 radical (unpaired) electrons. The molecule has 0 aliphatic heterocycles. The van der Waals surface area contributed by atoms with Crippen LogP contribution in [0.25, 0.3) is 11.4 Å². The van der Waals surface area contributed by atoms with Crippen molar-refractivity contribution >= 4 is 17.7 Å². The number of thioether (sulfide) groups is 1. The largest absolute Gasteiger partial charge is 0.497 e. The number of nitrogens with zero attached hydrogens (tertiary/aromatic N) is 2. The molecule has 6 nitrogen and oxygen atoms in total. The van der Waals surface area contributed by atoms with E-state index in [4.69, 9.17) is 4.74 Å². The monoisotopic (exact) mass is 368 g/mol. The minimum absolute atomic E-state index is 0.0584. The minimum atomic E-state index is -0.298. The number of amides is 1. The maximum absolute atomic E-state index is 12.3. The molecule has 0 aliphatic carbocycles. The first-order chi connectivity index (χ1) is 12.7. The van der Waals surface area contributed by atoms with E-state index in [0.29, 0.717) is 17.5 Å². The topological polar surface area (TPSA) is 79.9 Å². The van der Waals surface area contributed by atoms with Gasteiger partial charge in [0.25, 0.3) is 0 Å². The van der Waals surface area contributed by atoms with Crippen molar-refractivity contribution in [2.45, 2.75) is 23.9 Å². The fraction of sp³-hybridized carbons (Fsp3) is 0.211. The molecule has 1 amide bonds. The molecule has 0 aliphatic rings. The molecule has 0 saturated heterocycles. The summed E-state index contributed by atoms with van der Waals surface area (Å²) < 4.78 is 5.13. The van der Waals surface area contributed by atoms with Crippen LogP contribution in [0.1, 0.15) is 12.5 Å². The number of rotatable bonds is 7. The lowest BCUT2D eigenvalue weighted by Crippen LogP contribution is -2.30. The van der Waals surface area contributed by atoms with Crippen molar-refractivity contribution in [3.63, 3.8) is 0 Å². The van der Waals surface area contributed by atoms with Gasteiger partial charge in [-0.3, -0.25) is 9.89 Å². The zero-order chi connectivity index (χ0) is 18.4. The van der Waals surface area contributed by atoms with Crippen LogP contribution in [-0.2, 0) is 11.3 Å². The highest BCUT2D eigenvalue weighted by molar-refractivity contribution is 8.00. The maximum atomic E-state index is 12.3. The zero-order valence-electron chi connectivity index (χ0n) is 14.6. The predicted molar refractivity (Wildman–Crippen MR) is 102 cm³/mol. The van der Waals surface area contributed by atoms with Crippen LogP contribution in [0.2, 0.25) is 0 Å². The van der Waals surface area contributed by atoms with Crippen LogP contribution in [0.5, 0.6) is 5.75 Å². The Kier molecular flexibility index (Phi) is 5.91. The molecular weight excluding hydrogens is 348 g/mol. The van der Waals surface area contributed by atoms with Crippen molar-refractivity contribution in [1.29, 1.82) is 0 Å². The summed E-state index contributed by atoms with van der Waals surface area (Å²) in [7, 11) is 1.63. The van der Waals surface area contributed by atoms with Crippen molar-refractivity contribution in [3.8, 4) is 17.1 Å². The van der Waals surface area contributed by atoms with Gasteiger partial charge in [0.05, 0.1) is 12.4 Å². The van der Waals surface area contributed by atoms with Crippen LogP contribution in [0.15, 0.2) is 59.8 Å². The first-order valence-corrected chi connectivity index (χ1v) is 9.09. The summed E-state index contributed by atoms with van der Waals surface area (Å²) in [5.74, 6) is 1.43. The Bertz CT molecular complexity index is 849. The van der Waals surface area contributed by atoms with E-state index in [1.54, 1.807) is 7.11 Å². The van der Waals surface area contributed by atoms with Crippen molar-refractivity contribution < 1.29 is 9.53 Å². The van der Waals surface area contributed by atoms with E-state index in [1.165, 1.54) is 11.8 Å². The van der Waals surface area contributed by atoms with Crippen molar-refractivity contribution in [3.05, 3.63) is 60.2 Å². The molecule has 7 heteroatoms. The molecule has 3 aromatic rings. The highest BCUT2D eigenvalue weighted by Crippen LogP contribution is 2.22. The van der Waals surface area contributed by atoms with Gasteiger partial charge in [-0.15, -0.1) is 5.10 Å². The van der Waals surface area contributed by atoms with Gasteiger partial charge in [0, 0.05) is 12.1 Å². The van der Waals surface area contributed by atoms with Gasteiger partial charge in [-0.05, 0) is 24.6 Å². The molecule has 0 spiro atoms. The zero-order valence-corrected chi connectivity index (χ0v) is 15.4. The van der Waals surface area contributed by atoms with Crippen LogP contribution in [0, 0.1) is 0 Å². The number of benzene rings is 2. The van der Waals surface area contributed by atoms with E-state index in [-0.39, 0.29) is 11.2 Å². The van der Waals surface area contributed by atoms with Gasteiger partial charge in [0.1, 0.15) is 5.75 Å². The summed E-state index contributed by atoms with van der Waals surface area (Å²) in [4.78, 5) is 16.7. The van der Waals surface area contributed by atoms with Gasteiger partial charge in [0.15, 0.2) is 5.82 Å². The minimum Gasteiger partial charge on any atom is -0.497 e. The van der Waals surface area contributed by atoms with E-state index in [1.807, 2.05) is 61.5 Å². The Morgan fingerprint density at radius 1 is 1.19 bits per heavy atom. The predicted octanol–water partition coefficient (Wildman–Crippen LogP) is 3.28. The third-order valence-corrected chi connectivity index (χ3v) is 4.75. The number of ether oxygens (including phenoxy) is 1. The maximum Gasteiger partial charge on any atom is 0.233 e. The lowest BCUT2D eigenvalue weighted by atomic mass is 10.2. The van der Waals surface area contributed by atoms with Crippen LogP contribution in [0.4, 0.5) is 0 Å². The molecule has 1 unspecified atom stereocenters. The van der Waals surface area contributed by atoms with E-state index < -0.39 is 0 Å². The molecule has 134 valence electrons. The molecule has 0 saturated carbocycles. The highest BCUT2D eigenvalue weighted by atomic mass is 32.2.